The summed E-state index contributed by atoms with van der Waals surface area (Å²) in [6.45, 7) is 10.4. The molecule has 1 heterocycles. The lowest BCUT2D eigenvalue weighted by atomic mass is 10.1. The van der Waals surface area contributed by atoms with Crippen molar-refractivity contribution < 1.29 is 19.4 Å². The van der Waals surface area contributed by atoms with Crippen molar-refractivity contribution in [2.24, 2.45) is 0 Å². The lowest BCUT2D eigenvalue weighted by Gasteiger charge is -2.42. The van der Waals surface area contributed by atoms with Crippen LogP contribution in [-0.4, -0.2) is 54.5 Å². The highest BCUT2D eigenvalue weighted by molar-refractivity contribution is 6.32. The monoisotopic (exact) mass is 368 g/mol. The van der Waals surface area contributed by atoms with Crippen molar-refractivity contribution in [3.05, 3.63) is 35.6 Å². The second-order valence-corrected chi connectivity index (χ2v) is 7.35. The number of aliphatic hydroxyl groups is 1. The number of piperazine rings is 1. The Kier molecular flexibility index (Phi) is 5.72. The van der Waals surface area contributed by atoms with Crippen LogP contribution in [0.3, 0.4) is 0 Å². The first-order chi connectivity index (χ1) is 11.6. The molecule has 1 aliphatic heterocycles. The number of carbonyl (C=O) groups is 1. The Bertz CT molecular complexity index is 657. The Morgan fingerprint density at radius 3 is 2.60 bits per heavy atom. The van der Waals surface area contributed by atoms with Crippen LogP contribution in [0.1, 0.15) is 20.8 Å². The van der Waals surface area contributed by atoms with Crippen LogP contribution in [0.4, 0.5) is 10.5 Å². The van der Waals surface area contributed by atoms with Crippen LogP contribution in [0.15, 0.2) is 30.5 Å². The lowest BCUT2D eigenvalue weighted by Crippen LogP contribution is -2.56. The molecule has 0 aromatic heterocycles. The van der Waals surface area contributed by atoms with Crippen molar-refractivity contribution in [1.82, 2.24) is 4.90 Å². The zero-order valence-electron chi connectivity index (χ0n) is 15.1. The predicted molar refractivity (Wildman–Crippen MR) is 98.7 cm³/mol. The van der Waals surface area contributed by atoms with E-state index in [-0.39, 0.29) is 5.76 Å². The molecule has 1 atom stereocenters. The number of hydrogen-bond donors (Lipinski definition) is 1. The van der Waals surface area contributed by atoms with E-state index in [2.05, 4.69) is 6.58 Å². The summed E-state index contributed by atoms with van der Waals surface area (Å²) < 4.78 is 10.7. The highest BCUT2D eigenvalue weighted by atomic mass is 35.5. The van der Waals surface area contributed by atoms with Crippen molar-refractivity contribution in [2.75, 3.05) is 31.6 Å². The zero-order chi connectivity index (χ0) is 18.8. The van der Waals surface area contributed by atoms with Crippen LogP contribution in [0, 0.1) is 0 Å². The number of amides is 1. The van der Waals surface area contributed by atoms with E-state index in [1.54, 1.807) is 13.2 Å². The van der Waals surface area contributed by atoms with Crippen LogP contribution >= 0.6 is 11.6 Å². The van der Waals surface area contributed by atoms with Gasteiger partial charge in [0.25, 0.3) is 0 Å². The summed E-state index contributed by atoms with van der Waals surface area (Å²) in [5.41, 5.74) is 0.301. The fraction of sp³-hybridized carbons (Fsp3) is 0.500. The topological polar surface area (TPSA) is 62.2 Å². The summed E-state index contributed by atoms with van der Waals surface area (Å²) in [6.07, 6.45) is -0.457. The quantitative estimate of drug-likeness (QED) is 0.821. The van der Waals surface area contributed by atoms with Gasteiger partial charge in [-0.2, -0.15) is 0 Å². The van der Waals surface area contributed by atoms with E-state index in [4.69, 9.17) is 21.1 Å². The molecule has 0 saturated carbocycles. The number of hydrogen-bond acceptors (Lipinski definition) is 5. The summed E-state index contributed by atoms with van der Waals surface area (Å²) in [6, 6.07) is 4.93. The third kappa shape index (κ3) is 4.72. The molecular formula is C18H25ClN2O4. The Labute approximate surface area is 153 Å². The van der Waals surface area contributed by atoms with Crippen LogP contribution in [0.2, 0.25) is 5.02 Å². The molecule has 138 valence electrons. The molecule has 1 unspecified atom stereocenters. The van der Waals surface area contributed by atoms with Gasteiger partial charge < -0.3 is 19.5 Å². The Morgan fingerprint density at radius 1 is 1.36 bits per heavy atom. The minimum absolute atomic E-state index is 0.0727. The van der Waals surface area contributed by atoms with E-state index < -0.39 is 17.7 Å². The fourth-order valence-corrected chi connectivity index (χ4v) is 2.88. The van der Waals surface area contributed by atoms with Gasteiger partial charge >= 0.3 is 6.09 Å². The number of aliphatic hydroxyl groups excluding tert-OH is 1. The van der Waals surface area contributed by atoms with Crippen molar-refractivity contribution in [2.45, 2.75) is 32.4 Å². The van der Waals surface area contributed by atoms with E-state index >= 15 is 0 Å². The predicted octanol–water partition coefficient (Wildman–Crippen LogP) is 3.85. The summed E-state index contributed by atoms with van der Waals surface area (Å²) in [4.78, 5) is 16.0. The van der Waals surface area contributed by atoms with Gasteiger partial charge in [-0.15, -0.1) is 0 Å². The van der Waals surface area contributed by atoms with Gasteiger partial charge in [-0.25, -0.2) is 4.79 Å². The highest BCUT2D eigenvalue weighted by Gasteiger charge is 2.35. The third-order valence-electron chi connectivity index (χ3n) is 3.89. The van der Waals surface area contributed by atoms with Crippen molar-refractivity contribution in [1.29, 1.82) is 0 Å². The first-order valence-electron chi connectivity index (χ1n) is 8.08. The molecule has 1 aromatic rings. The van der Waals surface area contributed by atoms with E-state index in [0.29, 0.717) is 30.4 Å². The van der Waals surface area contributed by atoms with Gasteiger partial charge in [-0.1, -0.05) is 18.2 Å². The molecular weight excluding hydrogens is 344 g/mol. The van der Waals surface area contributed by atoms with Gasteiger partial charge in [0.2, 0.25) is 0 Å². The summed E-state index contributed by atoms with van der Waals surface area (Å²) in [5, 5.41) is 10.5. The molecule has 0 spiro atoms. The summed E-state index contributed by atoms with van der Waals surface area (Å²) in [5.74, 6) is 0.504. The number of carbonyl (C=O) groups excluding carboxylic acids is 1. The van der Waals surface area contributed by atoms with Gasteiger partial charge in [0.1, 0.15) is 23.2 Å². The zero-order valence-corrected chi connectivity index (χ0v) is 15.8. The Balaban J connectivity index is 2.18. The van der Waals surface area contributed by atoms with Crippen molar-refractivity contribution in [3.8, 4) is 5.75 Å². The molecule has 0 aliphatic carbocycles. The molecule has 1 fully saturated rings. The van der Waals surface area contributed by atoms with E-state index in [1.807, 2.05) is 37.8 Å². The molecule has 0 bridgehead atoms. The molecule has 1 aliphatic rings. The van der Waals surface area contributed by atoms with E-state index in [1.165, 1.54) is 4.90 Å². The molecule has 1 saturated heterocycles. The minimum Gasteiger partial charge on any atom is -0.511 e. The second kappa shape index (κ2) is 7.44. The standard InChI is InChI=1S/C18H25ClN2O4/c1-12(22)15-11-20(13-6-7-14(19)16(10-13)24-5)8-9-21(15)17(23)25-18(2,3)4/h6-7,10,15,22H,1,8-9,11H2,2-5H3. The number of benzene rings is 1. The summed E-state index contributed by atoms with van der Waals surface area (Å²) in [7, 11) is 1.56. The molecule has 0 radical (unpaired) electrons. The number of anilines is 1. The maximum atomic E-state index is 12.4. The van der Waals surface area contributed by atoms with Gasteiger partial charge in [-0.3, -0.25) is 4.90 Å². The van der Waals surface area contributed by atoms with Gasteiger partial charge in [0, 0.05) is 31.4 Å². The number of ether oxygens (including phenoxy) is 2. The SMILES string of the molecule is C=C(O)C1CN(c2ccc(Cl)c(OC)c2)CCN1C(=O)OC(C)(C)C. The van der Waals surface area contributed by atoms with E-state index in [9.17, 15) is 9.90 Å². The fourth-order valence-electron chi connectivity index (χ4n) is 2.69. The third-order valence-corrected chi connectivity index (χ3v) is 4.21. The average Bonchev–Trinajstić information content (AvgIpc) is 2.53. The van der Waals surface area contributed by atoms with Crippen LogP contribution in [0.25, 0.3) is 0 Å². The number of methoxy groups -OCH3 is 1. The second-order valence-electron chi connectivity index (χ2n) is 6.95. The first-order valence-corrected chi connectivity index (χ1v) is 8.46. The molecule has 1 amide bonds. The maximum Gasteiger partial charge on any atom is 0.411 e. The smallest absolute Gasteiger partial charge is 0.411 e. The van der Waals surface area contributed by atoms with Gasteiger partial charge in [0.15, 0.2) is 0 Å². The minimum atomic E-state index is -0.598. The van der Waals surface area contributed by atoms with E-state index in [0.717, 1.165) is 5.69 Å². The van der Waals surface area contributed by atoms with Gasteiger partial charge in [-0.05, 0) is 32.9 Å². The van der Waals surface area contributed by atoms with Crippen molar-refractivity contribution in [3.63, 3.8) is 0 Å². The lowest BCUT2D eigenvalue weighted by molar-refractivity contribution is 0.0137. The number of nitrogens with zero attached hydrogens (tertiary/aromatic N) is 2. The molecule has 6 nitrogen and oxygen atoms in total. The number of halogens is 1. The first kappa shape index (κ1) is 19.2. The maximum absolute atomic E-state index is 12.4. The highest BCUT2D eigenvalue weighted by Crippen LogP contribution is 2.31. The molecule has 2 rings (SSSR count). The molecule has 7 heteroatoms. The van der Waals surface area contributed by atoms with Crippen LogP contribution < -0.4 is 9.64 Å². The number of rotatable bonds is 3. The normalized spacial score (nSPS) is 18.0. The van der Waals surface area contributed by atoms with Crippen LogP contribution in [0.5, 0.6) is 5.75 Å². The largest absolute Gasteiger partial charge is 0.511 e. The Hall–Kier alpha value is -2.08. The molecule has 1 aromatic carbocycles. The van der Waals surface area contributed by atoms with Gasteiger partial charge in [0.05, 0.1) is 12.1 Å². The molecule has 1 N–H and O–H groups in total. The Morgan fingerprint density at radius 2 is 2.04 bits per heavy atom. The average molecular weight is 369 g/mol. The van der Waals surface area contributed by atoms with Crippen LogP contribution in [-0.2, 0) is 4.74 Å². The van der Waals surface area contributed by atoms with Crippen molar-refractivity contribution >= 4 is 23.4 Å². The summed E-state index contributed by atoms with van der Waals surface area (Å²) >= 11 is 6.07. The molecule has 25 heavy (non-hydrogen) atoms.